The van der Waals surface area contributed by atoms with Gasteiger partial charge in [0.1, 0.15) is 0 Å². The third-order valence-electron chi connectivity index (χ3n) is 5.12. The van der Waals surface area contributed by atoms with E-state index >= 15 is 0 Å². The molecule has 1 N–H and O–H groups in total. The van der Waals surface area contributed by atoms with E-state index in [0.29, 0.717) is 30.2 Å². The van der Waals surface area contributed by atoms with Crippen LogP contribution < -0.4 is 19.1 Å². The molecule has 1 amide bonds. The molecule has 7 nitrogen and oxygen atoms in total. The number of hydrogen-bond donors (Lipinski definition) is 1. The molecule has 0 bridgehead atoms. The number of methoxy groups -OCH3 is 1. The number of hydrogen-bond acceptors (Lipinski definition) is 5. The van der Waals surface area contributed by atoms with E-state index in [1.165, 1.54) is 10.4 Å². The number of carbonyl (C=O) groups is 1. The topological polar surface area (TPSA) is 84.9 Å². The van der Waals surface area contributed by atoms with Crippen LogP contribution in [0, 0.1) is 0 Å². The maximum Gasteiger partial charge on any atom is 0.244 e. The number of carbonyl (C=O) groups excluding carboxylic acids is 1. The smallest absolute Gasteiger partial charge is 0.244 e. The Kier molecular flexibility index (Phi) is 7.45. The number of nitrogens with one attached hydrogen (secondary N) is 1. The third kappa shape index (κ3) is 5.82. The Bertz CT molecular complexity index is 1080. The highest BCUT2D eigenvalue weighted by Gasteiger charge is 2.28. The molecule has 0 aromatic heterocycles. The Morgan fingerprint density at radius 3 is 2.41 bits per heavy atom. The lowest BCUT2D eigenvalue weighted by molar-refractivity contribution is -0.117. The van der Waals surface area contributed by atoms with Crippen molar-refractivity contribution >= 4 is 27.7 Å². The van der Waals surface area contributed by atoms with Crippen LogP contribution in [0.25, 0.3) is 6.08 Å². The molecule has 0 saturated carbocycles. The molecule has 8 heteroatoms. The highest BCUT2D eigenvalue weighted by molar-refractivity contribution is 7.93. The van der Waals surface area contributed by atoms with Crippen molar-refractivity contribution in [3.05, 3.63) is 59.7 Å². The summed E-state index contributed by atoms with van der Waals surface area (Å²) in [5.41, 5.74) is 2.36. The fourth-order valence-corrected chi connectivity index (χ4v) is 5.07. The number of rotatable bonds is 8. The van der Waals surface area contributed by atoms with Crippen LogP contribution in [0.5, 0.6) is 11.5 Å². The van der Waals surface area contributed by atoms with Gasteiger partial charge in [-0.25, -0.2) is 8.42 Å². The van der Waals surface area contributed by atoms with Gasteiger partial charge in [0.25, 0.3) is 0 Å². The van der Waals surface area contributed by atoms with E-state index in [1.807, 2.05) is 39.0 Å². The molecule has 0 spiro atoms. The minimum absolute atomic E-state index is 0.0332. The summed E-state index contributed by atoms with van der Waals surface area (Å²) in [5.74, 6) is 1.24. The molecular formula is C24H30N2O5S. The average Bonchev–Trinajstić information content (AvgIpc) is 3.11. The zero-order valence-corrected chi connectivity index (χ0v) is 19.7. The fraction of sp³-hybridized carbons (Fsp3) is 0.375. The first-order valence-electron chi connectivity index (χ1n) is 10.6. The molecule has 32 heavy (non-hydrogen) atoms. The molecule has 2 aromatic rings. The fourth-order valence-electron chi connectivity index (χ4n) is 3.50. The summed E-state index contributed by atoms with van der Waals surface area (Å²) >= 11 is 0. The van der Waals surface area contributed by atoms with Crippen molar-refractivity contribution < 1.29 is 22.7 Å². The molecule has 172 valence electrons. The van der Waals surface area contributed by atoms with Crippen molar-refractivity contribution in [3.63, 3.8) is 0 Å². The Labute approximate surface area is 190 Å². The second-order valence-electron chi connectivity index (χ2n) is 7.97. The second-order valence-corrected chi connectivity index (χ2v) is 9.99. The number of ether oxygens (including phenoxy) is 2. The van der Waals surface area contributed by atoms with Gasteiger partial charge in [-0.15, -0.1) is 0 Å². The Morgan fingerprint density at radius 2 is 1.81 bits per heavy atom. The van der Waals surface area contributed by atoms with Crippen LogP contribution in [0.15, 0.2) is 48.5 Å². The molecule has 1 aliphatic rings. The van der Waals surface area contributed by atoms with Gasteiger partial charge in [0, 0.05) is 12.6 Å². The number of anilines is 1. The molecule has 2 aromatic carbocycles. The molecule has 1 saturated heterocycles. The van der Waals surface area contributed by atoms with Gasteiger partial charge in [0.05, 0.1) is 30.7 Å². The lowest BCUT2D eigenvalue weighted by Gasteiger charge is -2.18. The van der Waals surface area contributed by atoms with Crippen LogP contribution in [0.4, 0.5) is 5.69 Å². The summed E-state index contributed by atoms with van der Waals surface area (Å²) in [7, 11) is -1.61. The first-order chi connectivity index (χ1) is 15.2. The van der Waals surface area contributed by atoms with Crippen molar-refractivity contribution in [1.82, 2.24) is 5.32 Å². The van der Waals surface area contributed by atoms with E-state index in [4.69, 9.17) is 9.47 Å². The largest absolute Gasteiger partial charge is 0.493 e. The highest BCUT2D eigenvalue weighted by Crippen LogP contribution is 2.31. The lowest BCUT2D eigenvalue weighted by Crippen LogP contribution is -2.25. The Morgan fingerprint density at radius 1 is 1.09 bits per heavy atom. The van der Waals surface area contributed by atoms with Crippen LogP contribution in [-0.4, -0.2) is 39.8 Å². The number of amides is 1. The quantitative estimate of drug-likeness (QED) is 0.606. The van der Waals surface area contributed by atoms with E-state index in [9.17, 15) is 13.2 Å². The molecule has 1 unspecified atom stereocenters. The van der Waals surface area contributed by atoms with Crippen LogP contribution in [0.3, 0.4) is 0 Å². The third-order valence-corrected chi connectivity index (χ3v) is 6.99. The van der Waals surface area contributed by atoms with Gasteiger partial charge >= 0.3 is 0 Å². The first-order valence-corrected chi connectivity index (χ1v) is 12.2. The monoisotopic (exact) mass is 458 g/mol. The zero-order valence-electron chi connectivity index (χ0n) is 18.9. The molecule has 1 fully saturated rings. The molecule has 1 aliphatic heterocycles. The number of benzene rings is 2. The predicted molar refractivity (Wildman–Crippen MR) is 127 cm³/mol. The molecular weight excluding hydrogens is 428 g/mol. The van der Waals surface area contributed by atoms with E-state index in [2.05, 4.69) is 5.32 Å². The first kappa shape index (κ1) is 23.7. The molecule has 0 radical (unpaired) electrons. The van der Waals surface area contributed by atoms with Gasteiger partial charge in [-0.1, -0.05) is 18.2 Å². The van der Waals surface area contributed by atoms with Crippen molar-refractivity contribution in [2.24, 2.45) is 0 Å². The maximum absolute atomic E-state index is 12.4. The van der Waals surface area contributed by atoms with Gasteiger partial charge in [0.15, 0.2) is 11.5 Å². The summed E-state index contributed by atoms with van der Waals surface area (Å²) < 4.78 is 36.6. The van der Waals surface area contributed by atoms with Crippen LogP contribution in [-0.2, 0) is 14.8 Å². The lowest BCUT2D eigenvalue weighted by atomic mass is 10.1. The molecule has 1 atom stereocenters. The molecule has 1 heterocycles. The summed E-state index contributed by atoms with van der Waals surface area (Å²) in [4.78, 5) is 12.4. The van der Waals surface area contributed by atoms with Crippen LogP contribution in [0.1, 0.15) is 44.4 Å². The summed E-state index contributed by atoms with van der Waals surface area (Å²) in [6.45, 7) is 6.30. The van der Waals surface area contributed by atoms with Crippen molar-refractivity contribution in [1.29, 1.82) is 0 Å². The normalized spacial score (nSPS) is 16.3. The maximum atomic E-state index is 12.4. The highest BCUT2D eigenvalue weighted by atomic mass is 32.2. The predicted octanol–water partition coefficient (Wildman–Crippen LogP) is 3.91. The zero-order chi connectivity index (χ0) is 23.3. The van der Waals surface area contributed by atoms with Crippen molar-refractivity contribution in [3.8, 4) is 11.5 Å². The summed E-state index contributed by atoms with van der Waals surface area (Å²) in [6.07, 6.45) is 3.84. The van der Waals surface area contributed by atoms with E-state index in [1.54, 1.807) is 37.5 Å². The number of nitrogens with zero attached hydrogens (tertiary/aromatic N) is 1. The Hall–Kier alpha value is -3.00. The average molecular weight is 459 g/mol. The van der Waals surface area contributed by atoms with E-state index in [-0.39, 0.29) is 23.8 Å². The minimum Gasteiger partial charge on any atom is -0.493 e. The van der Waals surface area contributed by atoms with E-state index < -0.39 is 10.0 Å². The van der Waals surface area contributed by atoms with Crippen molar-refractivity contribution in [2.45, 2.75) is 39.3 Å². The number of sulfonamides is 1. The van der Waals surface area contributed by atoms with E-state index in [0.717, 1.165) is 11.1 Å². The van der Waals surface area contributed by atoms with Gasteiger partial charge in [-0.3, -0.25) is 9.10 Å². The summed E-state index contributed by atoms with van der Waals surface area (Å²) in [5, 5.41) is 2.94. The molecule has 0 aliphatic carbocycles. The minimum atomic E-state index is -3.20. The van der Waals surface area contributed by atoms with Crippen molar-refractivity contribution in [2.75, 3.05) is 23.7 Å². The van der Waals surface area contributed by atoms with Crippen LogP contribution >= 0.6 is 0 Å². The second kappa shape index (κ2) is 10.1. The summed E-state index contributed by atoms with van der Waals surface area (Å²) in [6, 6.07) is 12.5. The molecule has 3 rings (SSSR count). The van der Waals surface area contributed by atoms with Gasteiger partial charge in [-0.2, -0.15) is 0 Å². The van der Waals surface area contributed by atoms with Gasteiger partial charge < -0.3 is 14.8 Å². The standard InChI is InChI=1S/C24H30N2O5S/c1-17(2)31-22-12-9-20(16-23(22)30-4)18(3)25-24(27)13-8-19-6-10-21(11-7-19)26-14-5-15-32(26,28)29/h6-13,16-18H,5,14-15H2,1-4H3,(H,25,27)/b13-8+. The van der Waals surface area contributed by atoms with Gasteiger partial charge in [-0.05, 0) is 68.7 Å². The SMILES string of the molecule is COc1cc(C(C)NC(=O)/C=C/c2ccc(N3CCCS3(=O)=O)cc2)ccc1OC(C)C. The van der Waals surface area contributed by atoms with Crippen LogP contribution in [0.2, 0.25) is 0 Å². The van der Waals surface area contributed by atoms with Gasteiger partial charge in [0.2, 0.25) is 15.9 Å². The Balaban J connectivity index is 1.61.